The number of sulfonamides is 1. The molecule has 1 N–H and O–H groups in total. The van der Waals surface area contributed by atoms with Gasteiger partial charge in [-0.2, -0.15) is 4.31 Å². The molecule has 10 heteroatoms. The molecule has 0 unspecified atom stereocenters. The lowest BCUT2D eigenvalue weighted by Gasteiger charge is -2.33. The maximum absolute atomic E-state index is 12.9. The van der Waals surface area contributed by atoms with Crippen LogP contribution in [0.4, 0.5) is 0 Å². The van der Waals surface area contributed by atoms with Crippen LogP contribution in [-0.4, -0.2) is 54.7 Å². The van der Waals surface area contributed by atoms with Crippen molar-refractivity contribution in [2.75, 3.05) is 26.2 Å². The number of amides is 1. The fourth-order valence-electron chi connectivity index (χ4n) is 3.81. The minimum absolute atomic E-state index is 0.00222. The van der Waals surface area contributed by atoms with Crippen LogP contribution in [0.2, 0.25) is 0 Å². The summed E-state index contributed by atoms with van der Waals surface area (Å²) in [6.07, 6.45) is 5.71. The van der Waals surface area contributed by atoms with Gasteiger partial charge in [-0.1, -0.05) is 17.8 Å². The van der Waals surface area contributed by atoms with Crippen molar-refractivity contribution in [3.8, 4) is 0 Å². The number of aromatic amines is 1. The Bertz CT molecular complexity index is 1020. The number of thiazole rings is 1. The highest BCUT2D eigenvalue weighted by Gasteiger charge is 2.33. The Morgan fingerprint density at radius 1 is 1.07 bits per heavy atom. The smallest absolute Gasteiger partial charge is 0.305 e. The van der Waals surface area contributed by atoms with Crippen molar-refractivity contribution < 1.29 is 13.2 Å². The number of hydrogen-bond acceptors (Lipinski definition) is 6. The van der Waals surface area contributed by atoms with Crippen LogP contribution in [0.5, 0.6) is 0 Å². The molecule has 0 atom stereocenters. The topological polar surface area (TPSA) is 90.5 Å². The fourth-order valence-corrected chi connectivity index (χ4v) is 7.89. The predicted octanol–water partition coefficient (Wildman–Crippen LogP) is 2.22. The third kappa shape index (κ3) is 3.70. The first-order valence-electron chi connectivity index (χ1n) is 9.47. The fraction of sp³-hybridized carbons (Fsp3) is 0.556. The van der Waals surface area contributed by atoms with Gasteiger partial charge < -0.3 is 9.88 Å². The van der Waals surface area contributed by atoms with E-state index in [1.165, 1.54) is 34.0 Å². The molecule has 1 amide bonds. The van der Waals surface area contributed by atoms with Crippen molar-refractivity contribution in [1.82, 2.24) is 14.2 Å². The number of hydrogen-bond donors (Lipinski definition) is 1. The molecule has 4 rings (SSSR count). The number of H-pyrrole nitrogens is 1. The van der Waals surface area contributed by atoms with E-state index in [-0.39, 0.29) is 28.1 Å². The molecule has 0 spiro atoms. The summed E-state index contributed by atoms with van der Waals surface area (Å²) in [5, 5.41) is 0. The molecule has 1 aliphatic carbocycles. The zero-order chi connectivity index (χ0) is 19.9. The molecule has 7 nitrogen and oxygen atoms in total. The van der Waals surface area contributed by atoms with E-state index in [1.807, 2.05) is 6.07 Å². The Balaban J connectivity index is 1.45. The average molecular weight is 442 g/mol. The van der Waals surface area contributed by atoms with Crippen LogP contribution < -0.4 is 4.87 Å². The summed E-state index contributed by atoms with van der Waals surface area (Å²) in [4.78, 5) is 30.4. The first-order valence-corrected chi connectivity index (χ1v) is 12.5. The van der Waals surface area contributed by atoms with Crippen molar-refractivity contribution in [3.63, 3.8) is 0 Å². The number of thiophene rings is 1. The van der Waals surface area contributed by atoms with Crippen molar-refractivity contribution in [1.29, 1.82) is 0 Å². The van der Waals surface area contributed by atoms with Crippen LogP contribution in [0.3, 0.4) is 0 Å². The molecule has 1 saturated heterocycles. The van der Waals surface area contributed by atoms with Crippen LogP contribution >= 0.6 is 22.7 Å². The van der Waals surface area contributed by atoms with Crippen molar-refractivity contribution in [2.45, 2.75) is 43.2 Å². The number of carbonyl (C=O) groups is 1. The number of fused-ring (bicyclic) bond motifs is 1. The molecule has 1 aliphatic heterocycles. The van der Waals surface area contributed by atoms with Crippen LogP contribution in [0, 0.1) is 6.92 Å². The monoisotopic (exact) mass is 441 g/mol. The number of carbonyl (C=O) groups excluding carboxylic acids is 1. The zero-order valence-electron chi connectivity index (χ0n) is 15.7. The van der Waals surface area contributed by atoms with E-state index in [2.05, 4.69) is 4.98 Å². The summed E-state index contributed by atoms with van der Waals surface area (Å²) in [6.45, 7) is 2.79. The minimum Gasteiger partial charge on any atom is -0.335 e. The summed E-state index contributed by atoms with van der Waals surface area (Å²) in [6, 6.07) is 2.04. The molecule has 0 saturated carbocycles. The highest BCUT2D eigenvalue weighted by atomic mass is 32.2. The number of nitrogens with one attached hydrogen (secondary N) is 1. The van der Waals surface area contributed by atoms with Crippen LogP contribution in [0.25, 0.3) is 0 Å². The molecule has 2 aromatic heterocycles. The molecule has 2 aliphatic rings. The van der Waals surface area contributed by atoms with Gasteiger partial charge in [-0.3, -0.25) is 9.59 Å². The number of aryl methyl sites for hydroxylation is 3. The standard InChI is InChI=1S/C18H23N3O4S3/c1-12-17(27-18(23)19-12)28(24,25)21-9-7-20(8-10-21)16(22)15-11-13-5-3-2-4-6-14(13)26-15/h11H,2-10H2,1H3,(H,19,23). The highest BCUT2D eigenvalue weighted by Crippen LogP contribution is 2.30. The second-order valence-corrected chi connectivity index (χ2v) is 11.5. The Morgan fingerprint density at radius 2 is 1.79 bits per heavy atom. The SMILES string of the molecule is Cc1[nH]c(=O)sc1S(=O)(=O)N1CCN(C(=O)c2cc3c(s2)CCCCC3)CC1. The van der Waals surface area contributed by atoms with E-state index in [1.54, 1.807) is 23.2 Å². The van der Waals surface area contributed by atoms with E-state index >= 15 is 0 Å². The number of nitrogens with zero attached hydrogens (tertiary/aromatic N) is 2. The molecule has 1 fully saturated rings. The molecular formula is C18H23N3O4S3. The third-order valence-electron chi connectivity index (χ3n) is 5.34. The molecule has 0 bridgehead atoms. The molecule has 152 valence electrons. The summed E-state index contributed by atoms with van der Waals surface area (Å²) in [5.41, 5.74) is 1.68. The van der Waals surface area contributed by atoms with Gasteiger partial charge in [-0.05, 0) is 44.2 Å². The predicted molar refractivity (Wildman–Crippen MR) is 110 cm³/mol. The second kappa shape index (κ2) is 7.74. The van der Waals surface area contributed by atoms with Gasteiger partial charge in [-0.25, -0.2) is 8.42 Å². The normalized spacial score (nSPS) is 18.7. The minimum atomic E-state index is -3.71. The molecular weight excluding hydrogens is 418 g/mol. The van der Waals surface area contributed by atoms with Gasteiger partial charge in [0.05, 0.1) is 4.88 Å². The highest BCUT2D eigenvalue weighted by molar-refractivity contribution is 7.91. The van der Waals surface area contributed by atoms with Crippen molar-refractivity contribution in [3.05, 3.63) is 36.7 Å². The molecule has 2 aromatic rings. The first kappa shape index (κ1) is 19.8. The van der Waals surface area contributed by atoms with Gasteiger partial charge in [0.25, 0.3) is 15.9 Å². The quantitative estimate of drug-likeness (QED) is 0.740. The van der Waals surface area contributed by atoms with Gasteiger partial charge in [0.15, 0.2) is 4.21 Å². The lowest BCUT2D eigenvalue weighted by atomic mass is 10.1. The number of piperazine rings is 1. The average Bonchev–Trinajstić information content (AvgIpc) is 3.16. The number of rotatable bonds is 3. The third-order valence-corrected chi connectivity index (χ3v) is 10.0. The number of aromatic nitrogens is 1. The van der Waals surface area contributed by atoms with Crippen LogP contribution in [-0.2, 0) is 22.9 Å². The Labute approximate surface area is 172 Å². The molecule has 3 heterocycles. The Hall–Kier alpha value is -1.49. The molecule has 0 aromatic carbocycles. The van der Waals surface area contributed by atoms with Crippen LogP contribution in [0.1, 0.15) is 45.1 Å². The summed E-state index contributed by atoms with van der Waals surface area (Å²) in [5.74, 6) is -0.00222. The summed E-state index contributed by atoms with van der Waals surface area (Å²) in [7, 11) is -3.71. The van der Waals surface area contributed by atoms with Crippen LogP contribution in [0.15, 0.2) is 15.1 Å². The molecule has 28 heavy (non-hydrogen) atoms. The van der Waals surface area contributed by atoms with E-state index < -0.39 is 10.0 Å². The lowest BCUT2D eigenvalue weighted by Crippen LogP contribution is -2.50. The first-order chi connectivity index (χ1) is 13.4. The molecule has 0 radical (unpaired) electrons. The van der Waals surface area contributed by atoms with E-state index in [9.17, 15) is 18.0 Å². The maximum atomic E-state index is 12.9. The van der Waals surface area contributed by atoms with Gasteiger partial charge in [-0.15, -0.1) is 11.3 Å². The van der Waals surface area contributed by atoms with Crippen molar-refractivity contribution in [2.24, 2.45) is 0 Å². The zero-order valence-corrected chi connectivity index (χ0v) is 18.1. The van der Waals surface area contributed by atoms with Gasteiger partial charge in [0, 0.05) is 36.8 Å². The van der Waals surface area contributed by atoms with Crippen molar-refractivity contribution >= 4 is 38.6 Å². The van der Waals surface area contributed by atoms with Gasteiger partial charge >= 0.3 is 4.87 Å². The second-order valence-electron chi connectivity index (χ2n) is 7.24. The Morgan fingerprint density at radius 3 is 2.46 bits per heavy atom. The summed E-state index contributed by atoms with van der Waals surface area (Å²) < 4.78 is 27.1. The largest absolute Gasteiger partial charge is 0.335 e. The van der Waals surface area contributed by atoms with E-state index in [4.69, 9.17) is 0 Å². The van der Waals surface area contributed by atoms with E-state index in [0.717, 1.165) is 17.7 Å². The Kier molecular flexibility index (Phi) is 5.47. The van der Waals surface area contributed by atoms with E-state index in [0.29, 0.717) is 30.1 Å². The maximum Gasteiger partial charge on any atom is 0.305 e. The van der Waals surface area contributed by atoms with Gasteiger partial charge in [0.1, 0.15) is 0 Å². The van der Waals surface area contributed by atoms with Gasteiger partial charge in [0.2, 0.25) is 0 Å². The lowest BCUT2D eigenvalue weighted by molar-refractivity contribution is 0.0703. The summed E-state index contributed by atoms with van der Waals surface area (Å²) >= 11 is 2.31.